The minimum atomic E-state index is -1.05. The largest absolute Gasteiger partial charge is 0.454 e. The van der Waals surface area contributed by atoms with E-state index in [1.165, 1.54) is 4.90 Å². The number of nitrogens with one attached hydrogen (secondary N) is 1. The summed E-state index contributed by atoms with van der Waals surface area (Å²) in [6, 6.07) is 14.2. The Kier molecular flexibility index (Phi) is 3.19. The number of imide groups is 1. The van der Waals surface area contributed by atoms with Crippen LogP contribution in [0, 0.1) is 0 Å². The van der Waals surface area contributed by atoms with E-state index in [2.05, 4.69) is 5.32 Å². The van der Waals surface area contributed by atoms with Crippen molar-refractivity contribution in [1.29, 1.82) is 0 Å². The van der Waals surface area contributed by atoms with Crippen molar-refractivity contribution < 1.29 is 19.1 Å². The van der Waals surface area contributed by atoms with Gasteiger partial charge in [0, 0.05) is 0 Å². The number of nitrogens with zero attached hydrogens (tertiary/aromatic N) is 1. The van der Waals surface area contributed by atoms with Crippen LogP contribution < -0.4 is 14.8 Å². The van der Waals surface area contributed by atoms with E-state index in [1.807, 2.05) is 36.4 Å². The molecule has 2 heterocycles. The molecule has 3 amide bonds. The predicted octanol–water partition coefficient (Wildman–Crippen LogP) is 2.38. The van der Waals surface area contributed by atoms with Crippen molar-refractivity contribution in [1.82, 2.24) is 10.2 Å². The monoisotopic (exact) mass is 324 g/mol. The molecule has 4 rings (SSSR count). The minimum absolute atomic E-state index is 0.184. The molecule has 1 fully saturated rings. The summed E-state index contributed by atoms with van der Waals surface area (Å²) in [6.45, 7) is 2.10. The SMILES string of the molecule is C[C@]1(c2ccccc2)NC(=O)N(Cc2ccc3c(c2)OCO3)C1=O. The third kappa shape index (κ3) is 2.19. The molecule has 6 nitrogen and oxygen atoms in total. The molecule has 1 N–H and O–H groups in total. The molecule has 24 heavy (non-hydrogen) atoms. The average Bonchev–Trinajstić information content (AvgIpc) is 3.14. The fourth-order valence-electron chi connectivity index (χ4n) is 3.03. The number of hydrogen-bond acceptors (Lipinski definition) is 4. The molecule has 0 saturated carbocycles. The van der Waals surface area contributed by atoms with Crippen LogP contribution in [-0.2, 0) is 16.9 Å². The summed E-state index contributed by atoms with van der Waals surface area (Å²) in [5.41, 5.74) is 0.519. The first-order valence-electron chi connectivity index (χ1n) is 7.66. The normalized spacial score (nSPS) is 22.0. The summed E-state index contributed by atoms with van der Waals surface area (Å²) < 4.78 is 10.6. The van der Waals surface area contributed by atoms with Crippen molar-refractivity contribution in [3.8, 4) is 11.5 Å². The van der Waals surface area contributed by atoms with Gasteiger partial charge in [-0.3, -0.25) is 9.69 Å². The molecule has 2 aliphatic heterocycles. The molecular weight excluding hydrogens is 308 g/mol. The Morgan fingerprint density at radius 1 is 1.08 bits per heavy atom. The third-order valence-electron chi connectivity index (χ3n) is 4.40. The zero-order chi connectivity index (χ0) is 16.7. The smallest absolute Gasteiger partial charge is 0.325 e. The van der Waals surface area contributed by atoms with Crippen LogP contribution >= 0.6 is 0 Å². The Labute approximate surface area is 139 Å². The van der Waals surface area contributed by atoms with Crippen LogP contribution in [0.2, 0.25) is 0 Å². The van der Waals surface area contributed by atoms with E-state index in [-0.39, 0.29) is 19.2 Å². The van der Waals surface area contributed by atoms with Crippen molar-refractivity contribution in [3.05, 3.63) is 59.7 Å². The van der Waals surface area contributed by atoms with Gasteiger partial charge in [-0.2, -0.15) is 0 Å². The van der Waals surface area contributed by atoms with Gasteiger partial charge >= 0.3 is 6.03 Å². The van der Waals surface area contributed by atoms with Crippen molar-refractivity contribution in [3.63, 3.8) is 0 Å². The second kappa shape index (κ2) is 5.26. The van der Waals surface area contributed by atoms with Crippen LogP contribution in [0.4, 0.5) is 4.79 Å². The lowest BCUT2D eigenvalue weighted by molar-refractivity contribution is -0.131. The molecule has 2 aliphatic rings. The molecule has 1 atom stereocenters. The van der Waals surface area contributed by atoms with Crippen LogP contribution in [-0.4, -0.2) is 23.6 Å². The Morgan fingerprint density at radius 2 is 1.83 bits per heavy atom. The van der Waals surface area contributed by atoms with E-state index in [1.54, 1.807) is 19.1 Å². The Hall–Kier alpha value is -3.02. The van der Waals surface area contributed by atoms with Crippen molar-refractivity contribution >= 4 is 11.9 Å². The van der Waals surface area contributed by atoms with Gasteiger partial charge in [-0.25, -0.2) is 4.79 Å². The van der Waals surface area contributed by atoms with Crippen LogP contribution in [0.15, 0.2) is 48.5 Å². The van der Waals surface area contributed by atoms with Gasteiger partial charge in [0.05, 0.1) is 6.54 Å². The van der Waals surface area contributed by atoms with E-state index in [4.69, 9.17) is 9.47 Å². The second-order valence-electron chi connectivity index (χ2n) is 6.00. The summed E-state index contributed by atoms with van der Waals surface area (Å²) >= 11 is 0. The van der Waals surface area contributed by atoms with Gasteiger partial charge in [0.2, 0.25) is 6.79 Å². The summed E-state index contributed by atoms with van der Waals surface area (Å²) in [6.07, 6.45) is 0. The van der Waals surface area contributed by atoms with Gasteiger partial charge < -0.3 is 14.8 Å². The highest BCUT2D eigenvalue weighted by Crippen LogP contribution is 2.34. The number of urea groups is 1. The lowest BCUT2D eigenvalue weighted by Crippen LogP contribution is -2.40. The highest BCUT2D eigenvalue weighted by atomic mass is 16.7. The maximum atomic E-state index is 12.9. The van der Waals surface area contributed by atoms with Crippen LogP contribution in [0.25, 0.3) is 0 Å². The van der Waals surface area contributed by atoms with Gasteiger partial charge in [0.15, 0.2) is 11.5 Å². The fraction of sp³-hybridized carbons (Fsp3) is 0.222. The van der Waals surface area contributed by atoms with E-state index in [0.717, 1.165) is 11.1 Å². The lowest BCUT2D eigenvalue weighted by Gasteiger charge is -2.22. The van der Waals surface area contributed by atoms with Crippen molar-refractivity contribution in [2.45, 2.75) is 19.0 Å². The first-order valence-corrected chi connectivity index (χ1v) is 7.66. The van der Waals surface area contributed by atoms with E-state index in [0.29, 0.717) is 11.5 Å². The summed E-state index contributed by atoms with van der Waals surface area (Å²) in [4.78, 5) is 26.4. The number of rotatable bonds is 3. The highest BCUT2D eigenvalue weighted by molar-refractivity contribution is 6.07. The quantitative estimate of drug-likeness (QED) is 0.880. The summed E-state index contributed by atoms with van der Waals surface area (Å²) in [5.74, 6) is 1.03. The average molecular weight is 324 g/mol. The molecule has 0 bridgehead atoms. The lowest BCUT2D eigenvalue weighted by atomic mass is 9.92. The number of carbonyl (C=O) groups is 2. The first kappa shape index (κ1) is 14.6. The summed E-state index contributed by atoms with van der Waals surface area (Å²) in [5, 5.41) is 2.80. The molecule has 0 unspecified atom stereocenters. The number of amides is 3. The van der Waals surface area contributed by atoms with E-state index >= 15 is 0 Å². The molecular formula is C18H16N2O4. The minimum Gasteiger partial charge on any atom is -0.454 e. The number of ether oxygens (including phenoxy) is 2. The van der Waals surface area contributed by atoms with Gasteiger partial charge in [-0.15, -0.1) is 0 Å². The molecule has 1 saturated heterocycles. The highest BCUT2D eigenvalue weighted by Gasteiger charge is 2.48. The van der Waals surface area contributed by atoms with E-state index in [9.17, 15) is 9.59 Å². The molecule has 6 heteroatoms. The molecule has 2 aromatic carbocycles. The zero-order valence-corrected chi connectivity index (χ0v) is 13.1. The third-order valence-corrected chi connectivity index (χ3v) is 4.40. The van der Waals surface area contributed by atoms with Crippen molar-refractivity contribution in [2.75, 3.05) is 6.79 Å². The number of hydrogen-bond donors (Lipinski definition) is 1. The predicted molar refractivity (Wildman–Crippen MR) is 85.4 cm³/mol. The molecule has 0 radical (unpaired) electrons. The van der Waals surface area contributed by atoms with Crippen molar-refractivity contribution in [2.24, 2.45) is 0 Å². The Balaban J connectivity index is 1.60. The first-order chi connectivity index (χ1) is 11.6. The topological polar surface area (TPSA) is 67.9 Å². The molecule has 0 aromatic heterocycles. The van der Waals surface area contributed by atoms with Gasteiger partial charge in [0.25, 0.3) is 5.91 Å². The standard InChI is InChI=1S/C18H16N2O4/c1-18(13-5-3-2-4-6-13)16(21)20(17(22)19-18)10-12-7-8-14-15(9-12)24-11-23-14/h2-9H,10-11H2,1H3,(H,19,22)/t18-/m1/s1. The van der Waals surface area contributed by atoms with Gasteiger partial charge in [0.1, 0.15) is 5.54 Å². The Morgan fingerprint density at radius 3 is 2.62 bits per heavy atom. The number of carbonyl (C=O) groups excluding carboxylic acids is 2. The number of benzene rings is 2. The van der Waals surface area contributed by atoms with Gasteiger partial charge in [-0.1, -0.05) is 36.4 Å². The fourth-order valence-corrected chi connectivity index (χ4v) is 3.03. The second-order valence-corrected chi connectivity index (χ2v) is 6.00. The van der Waals surface area contributed by atoms with Crippen LogP contribution in [0.3, 0.4) is 0 Å². The summed E-state index contributed by atoms with van der Waals surface area (Å²) in [7, 11) is 0. The zero-order valence-electron chi connectivity index (χ0n) is 13.1. The number of fused-ring (bicyclic) bond motifs is 1. The molecule has 2 aromatic rings. The maximum Gasteiger partial charge on any atom is 0.325 e. The molecule has 0 aliphatic carbocycles. The maximum absolute atomic E-state index is 12.9. The molecule has 122 valence electrons. The van der Waals surface area contributed by atoms with Crippen LogP contribution in [0.5, 0.6) is 11.5 Å². The van der Waals surface area contributed by atoms with Crippen LogP contribution in [0.1, 0.15) is 18.1 Å². The molecule has 0 spiro atoms. The van der Waals surface area contributed by atoms with Gasteiger partial charge in [-0.05, 0) is 30.2 Å². The van der Waals surface area contributed by atoms with E-state index < -0.39 is 11.6 Å². The Bertz CT molecular complexity index is 821.